The average Bonchev–Trinajstić information content (AvgIpc) is 3.00. The maximum atomic E-state index is 12.6. The molecule has 0 spiro atoms. The highest BCUT2D eigenvalue weighted by molar-refractivity contribution is 5.92. The number of para-hydroxylation sites is 1. The molecular weight excluding hydrogens is 334 g/mol. The molecule has 138 valence electrons. The van der Waals surface area contributed by atoms with E-state index in [1.54, 1.807) is 11.0 Å². The van der Waals surface area contributed by atoms with Crippen molar-refractivity contribution in [1.29, 1.82) is 0 Å². The summed E-state index contributed by atoms with van der Waals surface area (Å²) in [4.78, 5) is 14.4. The van der Waals surface area contributed by atoms with Gasteiger partial charge < -0.3 is 4.90 Å². The van der Waals surface area contributed by atoms with Crippen molar-refractivity contribution in [3.8, 4) is 5.69 Å². The molecule has 3 rings (SSSR count). The minimum Gasteiger partial charge on any atom is -0.335 e. The van der Waals surface area contributed by atoms with Crippen molar-refractivity contribution in [1.82, 2.24) is 14.7 Å². The maximum Gasteiger partial charge on any atom is 0.246 e. The molecule has 0 radical (unpaired) electrons. The van der Waals surface area contributed by atoms with Crippen LogP contribution in [0.2, 0.25) is 0 Å². The number of aryl methyl sites for hydroxylation is 1. The highest BCUT2D eigenvalue weighted by Gasteiger charge is 2.16. The molecular formula is C23H25N3O. The lowest BCUT2D eigenvalue weighted by Crippen LogP contribution is -2.27. The zero-order chi connectivity index (χ0) is 19.4. The minimum absolute atomic E-state index is 0.0117. The van der Waals surface area contributed by atoms with E-state index >= 15 is 0 Å². The van der Waals surface area contributed by atoms with Crippen molar-refractivity contribution in [2.75, 3.05) is 7.05 Å². The van der Waals surface area contributed by atoms with E-state index in [2.05, 4.69) is 5.10 Å². The summed E-state index contributed by atoms with van der Waals surface area (Å²) in [7, 11) is 1.83. The van der Waals surface area contributed by atoms with Crippen LogP contribution in [0.5, 0.6) is 0 Å². The Morgan fingerprint density at radius 1 is 1.04 bits per heavy atom. The predicted molar refractivity (Wildman–Crippen MR) is 110 cm³/mol. The molecule has 27 heavy (non-hydrogen) atoms. The van der Waals surface area contributed by atoms with Gasteiger partial charge in [0.05, 0.1) is 17.4 Å². The summed E-state index contributed by atoms with van der Waals surface area (Å²) in [5.41, 5.74) is 5.03. The molecule has 1 aromatic heterocycles. The Balaban J connectivity index is 1.80. The highest BCUT2D eigenvalue weighted by atomic mass is 16.2. The molecule has 1 amide bonds. The summed E-state index contributed by atoms with van der Waals surface area (Å²) >= 11 is 0. The SMILES string of the molecule is Cc1nn(-c2ccccc2)c(C)c1/C=C/C(=O)N(C)[C@H](C)c1ccccc1. The van der Waals surface area contributed by atoms with Gasteiger partial charge in [0.15, 0.2) is 0 Å². The van der Waals surface area contributed by atoms with Gasteiger partial charge in [0.1, 0.15) is 0 Å². The third kappa shape index (κ3) is 4.00. The van der Waals surface area contributed by atoms with Crippen LogP contribution in [-0.2, 0) is 4.79 Å². The van der Waals surface area contributed by atoms with Crippen molar-refractivity contribution in [2.45, 2.75) is 26.8 Å². The molecule has 0 N–H and O–H groups in total. The summed E-state index contributed by atoms with van der Waals surface area (Å²) in [6.07, 6.45) is 3.50. The molecule has 0 saturated heterocycles. The number of benzene rings is 2. The van der Waals surface area contributed by atoms with Gasteiger partial charge in [0.25, 0.3) is 0 Å². The van der Waals surface area contributed by atoms with Crippen molar-refractivity contribution < 1.29 is 4.79 Å². The molecule has 1 heterocycles. The standard InChI is InChI=1S/C23H25N3O/c1-17-22(19(3)26(24-17)21-13-9-6-10-14-21)15-16-23(27)25(4)18(2)20-11-7-5-8-12-20/h5-16,18H,1-4H3/b16-15+/t18-/m1/s1. The summed E-state index contributed by atoms with van der Waals surface area (Å²) in [5.74, 6) is -0.0300. The molecule has 4 nitrogen and oxygen atoms in total. The molecule has 4 heteroatoms. The number of carbonyl (C=O) groups excluding carboxylic acids is 1. The predicted octanol–water partition coefficient (Wildman–Crippen LogP) is 4.72. The van der Waals surface area contributed by atoms with Crippen molar-refractivity contribution in [3.63, 3.8) is 0 Å². The van der Waals surface area contributed by atoms with Gasteiger partial charge >= 0.3 is 0 Å². The summed E-state index contributed by atoms with van der Waals surface area (Å²) in [5, 5.41) is 4.63. The Labute approximate surface area is 160 Å². The van der Waals surface area contributed by atoms with Gasteiger partial charge in [-0.25, -0.2) is 4.68 Å². The smallest absolute Gasteiger partial charge is 0.246 e. The third-order valence-electron chi connectivity index (χ3n) is 4.95. The van der Waals surface area contributed by atoms with E-state index in [4.69, 9.17) is 0 Å². The molecule has 0 aliphatic heterocycles. The molecule has 1 atom stereocenters. The quantitative estimate of drug-likeness (QED) is 0.618. The number of aromatic nitrogens is 2. The van der Waals surface area contributed by atoms with Crippen LogP contribution in [0.3, 0.4) is 0 Å². The largest absolute Gasteiger partial charge is 0.335 e. The lowest BCUT2D eigenvalue weighted by molar-refractivity contribution is -0.126. The van der Waals surface area contributed by atoms with Crippen LogP contribution < -0.4 is 0 Å². The van der Waals surface area contributed by atoms with Gasteiger partial charge in [-0.2, -0.15) is 5.10 Å². The molecule has 0 fully saturated rings. The number of carbonyl (C=O) groups is 1. The van der Waals surface area contributed by atoms with Crippen LogP contribution in [0, 0.1) is 13.8 Å². The van der Waals surface area contributed by atoms with E-state index in [0.29, 0.717) is 0 Å². The fraction of sp³-hybridized carbons (Fsp3) is 0.217. The number of hydrogen-bond acceptors (Lipinski definition) is 2. The van der Waals surface area contributed by atoms with Crippen LogP contribution in [0.4, 0.5) is 0 Å². The van der Waals surface area contributed by atoms with Crippen molar-refractivity contribution in [2.24, 2.45) is 0 Å². The number of likely N-dealkylation sites (N-methyl/N-ethyl adjacent to an activating group) is 1. The molecule has 0 aliphatic carbocycles. The van der Waals surface area contributed by atoms with Crippen LogP contribution in [0.15, 0.2) is 66.7 Å². The van der Waals surface area contributed by atoms with Gasteiger partial charge in [-0.1, -0.05) is 48.5 Å². The Kier molecular flexibility index (Phi) is 5.55. The normalized spacial score (nSPS) is 12.3. The van der Waals surface area contributed by atoms with E-state index in [-0.39, 0.29) is 11.9 Å². The number of rotatable bonds is 5. The van der Waals surface area contributed by atoms with Gasteiger partial charge in [-0.05, 0) is 44.5 Å². The molecule has 0 bridgehead atoms. The molecule has 0 saturated carbocycles. The van der Waals surface area contributed by atoms with Gasteiger partial charge in [0.2, 0.25) is 5.91 Å². The number of nitrogens with zero attached hydrogens (tertiary/aromatic N) is 3. The summed E-state index contributed by atoms with van der Waals surface area (Å²) in [6, 6.07) is 20.1. The Hall–Kier alpha value is -3.14. The second-order valence-electron chi connectivity index (χ2n) is 6.70. The van der Waals surface area contributed by atoms with Crippen molar-refractivity contribution >= 4 is 12.0 Å². The minimum atomic E-state index is -0.0300. The molecule has 0 aliphatic rings. The van der Waals surface area contributed by atoms with E-state index in [1.807, 2.05) is 99.2 Å². The molecule has 2 aromatic carbocycles. The van der Waals surface area contributed by atoms with Crippen LogP contribution in [-0.4, -0.2) is 27.6 Å². The van der Waals surface area contributed by atoms with E-state index in [1.165, 1.54) is 0 Å². The first-order valence-corrected chi connectivity index (χ1v) is 9.10. The van der Waals surface area contributed by atoms with Crippen LogP contribution in [0.1, 0.15) is 35.5 Å². The highest BCUT2D eigenvalue weighted by Crippen LogP contribution is 2.21. The van der Waals surface area contributed by atoms with Gasteiger partial charge in [0, 0.05) is 24.4 Å². The first kappa shape index (κ1) is 18.6. The first-order valence-electron chi connectivity index (χ1n) is 9.10. The van der Waals surface area contributed by atoms with Crippen molar-refractivity contribution in [3.05, 3.63) is 89.3 Å². The number of amides is 1. The third-order valence-corrected chi connectivity index (χ3v) is 4.95. The molecule has 0 unspecified atom stereocenters. The van der Waals surface area contributed by atoms with E-state index in [9.17, 15) is 4.79 Å². The van der Waals surface area contributed by atoms with E-state index in [0.717, 1.165) is 28.2 Å². The second-order valence-corrected chi connectivity index (χ2v) is 6.70. The lowest BCUT2D eigenvalue weighted by atomic mass is 10.1. The average molecular weight is 359 g/mol. The maximum absolute atomic E-state index is 12.6. The summed E-state index contributed by atoms with van der Waals surface area (Å²) in [6.45, 7) is 6.02. The Morgan fingerprint density at radius 2 is 1.63 bits per heavy atom. The fourth-order valence-electron chi connectivity index (χ4n) is 3.13. The number of hydrogen-bond donors (Lipinski definition) is 0. The monoisotopic (exact) mass is 359 g/mol. The van der Waals surface area contributed by atoms with E-state index < -0.39 is 0 Å². The zero-order valence-electron chi connectivity index (χ0n) is 16.3. The fourth-order valence-corrected chi connectivity index (χ4v) is 3.13. The Morgan fingerprint density at radius 3 is 2.26 bits per heavy atom. The molecule has 3 aromatic rings. The van der Waals surface area contributed by atoms with Crippen LogP contribution >= 0.6 is 0 Å². The second kappa shape index (κ2) is 8.04. The Bertz CT molecular complexity index is 943. The lowest BCUT2D eigenvalue weighted by Gasteiger charge is -2.24. The topological polar surface area (TPSA) is 38.1 Å². The summed E-state index contributed by atoms with van der Waals surface area (Å²) < 4.78 is 1.91. The zero-order valence-corrected chi connectivity index (χ0v) is 16.3. The van der Waals surface area contributed by atoms with Gasteiger partial charge in [-0.15, -0.1) is 0 Å². The first-order chi connectivity index (χ1) is 13.0. The van der Waals surface area contributed by atoms with Crippen LogP contribution in [0.25, 0.3) is 11.8 Å². The van der Waals surface area contributed by atoms with Gasteiger partial charge in [-0.3, -0.25) is 4.79 Å².